The van der Waals surface area contributed by atoms with Crippen LogP contribution in [-0.2, 0) is 6.54 Å². The molecule has 0 saturated carbocycles. The third-order valence-corrected chi connectivity index (χ3v) is 6.19. The van der Waals surface area contributed by atoms with Crippen LogP contribution in [0.4, 0.5) is 5.13 Å². The van der Waals surface area contributed by atoms with Gasteiger partial charge >= 0.3 is 0 Å². The average Bonchev–Trinajstić information content (AvgIpc) is 3.23. The van der Waals surface area contributed by atoms with Gasteiger partial charge in [0.2, 0.25) is 0 Å². The van der Waals surface area contributed by atoms with E-state index in [1.54, 1.807) is 17.3 Å². The molecule has 146 valence electrons. The van der Waals surface area contributed by atoms with Gasteiger partial charge in [0.05, 0.1) is 16.8 Å². The number of thiazole rings is 1. The SMILES string of the molecule is Cc1cccc2sc(N(Cc3cccnc3)C(=O)c3ccc4ccccc4c3)nc12. The summed E-state index contributed by atoms with van der Waals surface area (Å²) in [4.78, 5) is 24.4. The van der Waals surface area contributed by atoms with Crippen molar-refractivity contribution in [3.05, 3.63) is 102 Å². The second kappa shape index (κ2) is 7.69. The van der Waals surface area contributed by atoms with Crippen molar-refractivity contribution in [1.82, 2.24) is 9.97 Å². The third kappa shape index (κ3) is 3.44. The van der Waals surface area contributed by atoms with Crippen LogP contribution in [-0.4, -0.2) is 15.9 Å². The average molecular weight is 410 g/mol. The van der Waals surface area contributed by atoms with E-state index in [-0.39, 0.29) is 5.91 Å². The minimum absolute atomic E-state index is 0.0682. The predicted molar refractivity (Wildman–Crippen MR) is 123 cm³/mol. The Labute approximate surface area is 178 Å². The lowest BCUT2D eigenvalue weighted by Gasteiger charge is -2.20. The van der Waals surface area contributed by atoms with E-state index in [2.05, 4.69) is 4.98 Å². The standard InChI is InChI=1S/C25H19N3OS/c1-17-6-4-10-22-23(17)27-25(30-22)28(16-18-7-5-13-26-15-18)24(29)21-12-11-19-8-2-3-9-20(19)14-21/h2-15H,16H2,1H3. The van der Waals surface area contributed by atoms with Gasteiger partial charge in [-0.3, -0.25) is 14.7 Å². The first kappa shape index (κ1) is 18.5. The number of pyridine rings is 1. The lowest BCUT2D eigenvalue weighted by Crippen LogP contribution is -2.30. The van der Waals surface area contributed by atoms with Gasteiger partial charge in [0.15, 0.2) is 5.13 Å². The minimum atomic E-state index is -0.0682. The normalized spacial score (nSPS) is 11.1. The fraction of sp³-hybridized carbons (Fsp3) is 0.0800. The highest BCUT2D eigenvalue weighted by atomic mass is 32.1. The number of anilines is 1. The molecule has 0 saturated heterocycles. The Morgan fingerprint density at radius 2 is 1.83 bits per heavy atom. The fourth-order valence-corrected chi connectivity index (χ4v) is 4.61. The second-order valence-corrected chi connectivity index (χ2v) is 8.24. The molecular weight excluding hydrogens is 390 g/mol. The zero-order valence-electron chi connectivity index (χ0n) is 16.4. The predicted octanol–water partition coefficient (Wildman–Crippen LogP) is 6.00. The highest BCUT2D eigenvalue weighted by Gasteiger charge is 2.22. The molecule has 5 aromatic rings. The highest BCUT2D eigenvalue weighted by Crippen LogP contribution is 2.32. The number of amides is 1. The van der Waals surface area contributed by atoms with Crippen molar-refractivity contribution >= 4 is 43.4 Å². The lowest BCUT2D eigenvalue weighted by molar-refractivity contribution is 0.0985. The van der Waals surface area contributed by atoms with Crippen LogP contribution in [0.2, 0.25) is 0 Å². The molecule has 2 aromatic heterocycles. The Hall–Kier alpha value is -3.57. The molecular formula is C25H19N3OS. The Morgan fingerprint density at radius 1 is 0.967 bits per heavy atom. The fourth-order valence-electron chi connectivity index (χ4n) is 3.57. The number of hydrogen-bond donors (Lipinski definition) is 0. The van der Waals surface area contributed by atoms with Crippen LogP contribution in [0.3, 0.4) is 0 Å². The van der Waals surface area contributed by atoms with Gasteiger partial charge in [-0.05, 0) is 53.1 Å². The molecule has 0 spiro atoms. The number of nitrogens with zero attached hydrogens (tertiary/aromatic N) is 3. The van der Waals surface area contributed by atoms with E-state index >= 15 is 0 Å². The van der Waals surface area contributed by atoms with Crippen LogP contribution in [0.25, 0.3) is 21.0 Å². The number of rotatable bonds is 4. The van der Waals surface area contributed by atoms with Crippen molar-refractivity contribution < 1.29 is 4.79 Å². The number of carbonyl (C=O) groups excluding carboxylic acids is 1. The lowest BCUT2D eigenvalue weighted by atomic mass is 10.1. The van der Waals surface area contributed by atoms with Crippen molar-refractivity contribution in [3.8, 4) is 0 Å². The van der Waals surface area contributed by atoms with Crippen LogP contribution in [0.1, 0.15) is 21.5 Å². The minimum Gasteiger partial charge on any atom is -0.279 e. The molecule has 0 fully saturated rings. The highest BCUT2D eigenvalue weighted by molar-refractivity contribution is 7.22. The smallest absolute Gasteiger partial charge is 0.260 e. The molecule has 5 rings (SSSR count). The van der Waals surface area contributed by atoms with Crippen LogP contribution in [0.5, 0.6) is 0 Å². The summed E-state index contributed by atoms with van der Waals surface area (Å²) >= 11 is 1.54. The quantitative estimate of drug-likeness (QED) is 0.366. The summed E-state index contributed by atoms with van der Waals surface area (Å²) in [5.74, 6) is -0.0682. The van der Waals surface area contributed by atoms with E-state index in [0.29, 0.717) is 17.2 Å². The first-order valence-electron chi connectivity index (χ1n) is 9.75. The number of fused-ring (bicyclic) bond motifs is 2. The van der Waals surface area contributed by atoms with Gasteiger partial charge in [-0.25, -0.2) is 4.98 Å². The molecule has 0 atom stereocenters. The first-order valence-corrected chi connectivity index (χ1v) is 10.6. The van der Waals surface area contributed by atoms with E-state index in [0.717, 1.165) is 32.1 Å². The number of aryl methyl sites for hydroxylation is 1. The monoisotopic (exact) mass is 409 g/mol. The maximum atomic E-state index is 13.6. The summed E-state index contributed by atoms with van der Waals surface area (Å²) < 4.78 is 1.08. The summed E-state index contributed by atoms with van der Waals surface area (Å²) in [5, 5.41) is 2.86. The van der Waals surface area contributed by atoms with Crippen molar-refractivity contribution in [2.45, 2.75) is 13.5 Å². The Balaban J connectivity index is 1.60. The van der Waals surface area contributed by atoms with Crippen molar-refractivity contribution in [2.24, 2.45) is 0 Å². The first-order chi connectivity index (χ1) is 14.7. The molecule has 0 aliphatic rings. The van der Waals surface area contributed by atoms with E-state index < -0.39 is 0 Å². The zero-order chi connectivity index (χ0) is 20.5. The summed E-state index contributed by atoms with van der Waals surface area (Å²) in [5.41, 5.74) is 3.66. The van der Waals surface area contributed by atoms with Crippen molar-refractivity contribution in [2.75, 3.05) is 4.90 Å². The number of aromatic nitrogens is 2. The molecule has 0 aliphatic carbocycles. The topological polar surface area (TPSA) is 46.1 Å². The second-order valence-electron chi connectivity index (χ2n) is 7.23. The summed E-state index contributed by atoms with van der Waals surface area (Å²) in [6, 6.07) is 23.9. The zero-order valence-corrected chi connectivity index (χ0v) is 17.3. The van der Waals surface area contributed by atoms with Gasteiger partial charge in [0.1, 0.15) is 0 Å². The van der Waals surface area contributed by atoms with E-state index in [9.17, 15) is 4.79 Å². The summed E-state index contributed by atoms with van der Waals surface area (Å²) in [7, 11) is 0. The number of carbonyl (C=O) groups is 1. The Bertz CT molecular complexity index is 1360. The molecule has 0 aliphatic heterocycles. The molecule has 0 bridgehead atoms. The van der Waals surface area contributed by atoms with Gasteiger partial charge in [-0.1, -0.05) is 59.9 Å². The molecule has 5 heteroatoms. The molecule has 0 unspecified atom stereocenters. The largest absolute Gasteiger partial charge is 0.279 e. The number of para-hydroxylation sites is 1. The molecule has 2 heterocycles. The van der Waals surface area contributed by atoms with Gasteiger partial charge in [0.25, 0.3) is 5.91 Å². The van der Waals surface area contributed by atoms with E-state index in [1.807, 2.05) is 79.7 Å². The van der Waals surface area contributed by atoms with Crippen LogP contribution in [0.15, 0.2) is 85.2 Å². The van der Waals surface area contributed by atoms with Crippen molar-refractivity contribution in [3.63, 3.8) is 0 Å². The molecule has 0 radical (unpaired) electrons. The third-order valence-electron chi connectivity index (χ3n) is 5.15. The maximum Gasteiger partial charge on any atom is 0.260 e. The van der Waals surface area contributed by atoms with Gasteiger partial charge < -0.3 is 0 Å². The number of benzene rings is 3. The summed E-state index contributed by atoms with van der Waals surface area (Å²) in [6.45, 7) is 2.46. The van der Waals surface area contributed by atoms with E-state index in [4.69, 9.17) is 4.98 Å². The molecule has 0 N–H and O–H groups in total. The van der Waals surface area contributed by atoms with E-state index in [1.165, 1.54) is 11.3 Å². The van der Waals surface area contributed by atoms with Gasteiger partial charge in [-0.15, -0.1) is 0 Å². The molecule has 1 amide bonds. The Kier molecular flexibility index (Phi) is 4.73. The van der Waals surface area contributed by atoms with Gasteiger partial charge in [0, 0.05) is 18.0 Å². The van der Waals surface area contributed by atoms with Crippen LogP contribution >= 0.6 is 11.3 Å². The molecule has 30 heavy (non-hydrogen) atoms. The van der Waals surface area contributed by atoms with Crippen molar-refractivity contribution in [1.29, 1.82) is 0 Å². The molecule has 3 aromatic carbocycles. The maximum absolute atomic E-state index is 13.6. The Morgan fingerprint density at radius 3 is 2.63 bits per heavy atom. The van der Waals surface area contributed by atoms with Crippen LogP contribution in [0, 0.1) is 6.92 Å². The molecule has 4 nitrogen and oxygen atoms in total. The number of hydrogen-bond acceptors (Lipinski definition) is 4. The van der Waals surface area contributed by atoms with Crippen LogP contribution < -0.4 is 4.90 Å². The summed E-state index contributed by atoms with van der Waals surface area (Å²) in [6.07, 6.45) is 3.53. The van der Waals surface area contributed by atoms with Gasteiger partial charge in [-0.2, -0.15) is 0 Å².